The third-order valence-corrected chi connectivity index (χ3v) is 4.67. The van der Waals surface area contributed by atoms with Gasteiger partial charge in [-0.15, -0.1) is 0 Å². The van der Waals surface area contributed by atoms with Crippen molar-refractivity contribution in [2.24, 2.45) is 0 Å². The van der Waals surface area contributed by atoms with E-state index >= 15 is 0 Å². The van der Waals surface area contributed by atoms with E-state index in [9.17, 15) is 9.59 Å². The maximum absolute atomic E-state index is 12.1. The number of benzene rings is 2. The lowest BCUT2D eigenvalue weighted by atomic mass is 10.1. The molecule has 2 aromatic carbocycles. The number of rotatable bonds is 9. The Kier molecular flexibility index (Phi) is 8.35. The molecule has 138 valence electrons. The first-order chi connectivity index (χ1) is 12.6. The standard InChI is InChI=1S/C21H23BrO4/c1-2-3-6-14-25-20(23)17-9-11-18(12-10-17)21(24)26-15-13-16-7-4-5-8-19(16)22/h4-5,7-12H,2-3,6,13-15H2,1H3. The van der Waals surface area contributed by atoms with E-state index in [1.165, 1.54) is 0 Å². The van der Waals surface area contributed by atoms with Crippen LogP contribution in [0.5, 0.6) is 0 Å². The highest BCUT2D eigenvalue weighted by Crippen LogP contribution is 2.16. The normalized spacial score (nSPS) is 10.4. The highest BCUT2D eigenvalue weighted by atomic mass is 79.9. The zero-order valence-electron chi connectivity index (χ0n) is 14.9. The summed E-state index contributed by atoms with van der Waals surface area (Å²) in [6.07, 6.45) is 3.62. The number of carbonyl (C=O) groups excluding carboxylic acids is 2. The molecule has 0 radical (unpaired) electrons. The van der Waals surface area contributed by atoms with Crippen molar-refractivity contribution in [2.45, 2.75) is 32.6 Å². The fourth-order valence-corrected chi connectivity index (χ4v) is 2.86. The quantitative estimate of drug-likeness (QED) is 0.414. The van der Waals surface area contributed by atoms with Gasteiger partial charge in [-0.3, -0.25) is 0 Å². The summed E-state index contributed by atoms with van der Waals surface area (Å²) in [5, 5.41) is 0. The Bertz CT molecular complexity index is 725. The third kappa shape index (κ3) is 6.30. The molecule has 0 N–H and O–H groups in total. The highest BCUT2D eigenvalue weighted by molar-refractivity contribution is 9.10. The van der Waals surface area contributed by atoms with E-state index in [-0.39, 0.29) is 5.97 Å². The average Bonchev–Trinajstić information content (AvgIpc) is 2.66. The van der Waals surface area contributed by atoms with E-state index in [1.54, 1.807) is 24.3 Å². The Labute approximate surface area is 162 Å². The first-order valence-corrected chi connectivity index (χ1v) is 9.59. The molecule has 0 amide bonds. The third-order valence-electron chi connectivity index (χ3n) is 3.90. The van der Waals surface area contributed by atoms with Gasteiger partial charge in [-0.25, -0.2) is 9.59 Å². The van der Waals surface area contributed by atoms with E-state index in [4.69, 9.17) is 9.47 Å². The summed E-state index contributed by atoms with van der Waals surface area (Å²) in [4.78, 5) is 24.0. The summed E-state index contributed by atoms with van der Waals surface area (Å²) in [6, 6.07) is 14.2. The van der Waals surface area contributed by atoms with Crippen LogP contribution in [0.15, 0.2) is 53.0 Å². The molecule has 2 aromatic rings. The van der Waals surface area contributed by atoms with Crippen LogP contribution < -0.4 is 0 Å². The Balaban J connectivity index is 1.80. The number of hydrogen-bond acceptors (Lipinski definition) is 4. The molecule has 0 spiro atoms. The molecular weight excluding hydrogens is 396 g/mol. The van der Waals surface area contributed by atoms with Gasteiger partial charge in [-0.1, -0.05) is 53.9 Å². The average molecular weight is 419 g/mol. The summed E-state index contributed by atoms with van der Waals surface area (Å²) in [5.41, 5.74) is 1.94. The van der Waals surface area contributed by atoms with Crippen molar-refractivity contribution < 1.29 is 19.1 Å². The largest absolute Gasteiger partial charge is 0.462 e. The summed E-state index contributed by atoms with van der Waals surface area (Å²) < 4.78 is 11.5. The van der Waals surface area contributed by atoms with E-state index in [2.05, 4.69) is 22.9 Å². The van der Waals surface area contributed by atoms with Crippen molar-refractivity contribution in [1.82, 2.24) is 0 Å². The molecule has 0 atom stereocenters. The lowest BCUT2D eigenvalue weighted by molar-refractivity contribution is 0.0488. The molecule has 0 fully saturated rings. The van der Waals surface area contributed by atoms with Gasteiger partial charge in [0.25, 0.3) is 0 Å². The van der Waals surface area contributed by atoms with Gasteiger partial charge in [-0.2, -0.15) is 0 Å². The van der Waals surface area contributed by atoms with Gasteiger partial charge in [0.1, 0.15) is 0 Å². The first kappa shape index (κ1) is 20.2. The fraction of sp³-hybridized carbons (Fsp3) is 0.333. The van der Waals surface area contributed by atoms with Crippen LogP contribution in [0.2, 0.25) is 0 Å². The number of hydrogen-bond donors (Lipinski definition) is 0. The molecule has 26 heavy (non-hydrogen) atoms. The Morgan fingerprint density at radius 2 is 1.42 bits per heavy atom. The highest BCUT2D eigenvalue weighted by Gasteiger charge is 2.11. The van der Waals surface area contributed by atoms with E-state index in [0.717, 1.165) is 29.3 Å². The summed E-state index contributed by atoms with van der Waals surface area (Å²) in [7, 11) is 0. The van der Waals surface area contributed by atoms with Crippen LogP contribution in [0.3, 0.4) is 0 Å². The zero-order chi connectivity index (χ0) is 18.8. The minimum absolute atomic E-state index is 0.294. The van der Waals surface area contributed by atoms with E-state index in [0.29, 0.717) is 30.8 Å². The van der Waals surface area contributed by atoms with Crippen molar-refractivity contribution in [3.8, 4) is 0 Å². The van der Waals surface area contributed by atoms with Crippen LogP contribution in [-0.2, 0) is 15.9 Å². The molecule has 4 nitrogen and oxygen atoms in total. The maximum atomic E-state index is 12.1. The molecule has 0 heterocycles. The minimum atomic E-state index is -0.403. The Morgan fingerprint density at radius 3 is 2.00 bits per heavy atom. The number of ether oxygens (including phenoxy) is 2. The maximum Gasteiger partial charge on any atom is 0.338 e. The monoisotopic (exact) mass is 418 g/mol. The molecule has 0 aliphatic carbocycles. The van der Waals surface area contributed by atoms with E-state index < -0.39 is 5.97 Å². The predicted molar refractivity (Wildman–Crippen MR) is 104 cm³/mol. The summed E-state index contributed by atoms with van der Waals surface area (Å²) in [5.74, 6) is -0.769. The molecule has 0 saturated heterocycles. The molecule has 0 aliphatic rings. The zero-order valence-corrected chi connectivity index (χ0v) is 16.5. The van der Waals surface area contributed by atoms with Crippen LogP contribution in [0.1, 0.15) is 52.5 Å². The fourth-order valence-electron chi connectivity index (χ4n) is 2.38. The van der Waals surface area contributed by atoms with Crippen LogP contribution in [-0.4, -0.2) is 25.2 Å². The number of carbonyl (C=O) groups is 2. The molecule has 0 saturated carbocycles. The number of unbranched alkanes of at least 4 members (excludes halogenated alkanes) is 2. The second-order valence-corrected chi connectivity index (χ2v) is 6.75. The first-order valence-electron chi connectivity index (χ1n) is 8.79. The van der Waals surface area contributed by atoms with Crippen LogP contribution in [0.4, 0.5) is 0 Å². The molecule has 0 aliphatic heterocycles. The van der Waals surface area contributed by atoms with Crippen molar-refractivity contribution in [2.75, 3.05) is 13.2 Å². The smallest absolute Gasteiger partial charge is 0.338 e. The van der Waals surface area contributed by atoms with Gasteiger partial charge < -0.3 is 9.47 Å². The molecule has 2 rings (SSSR count). The lowest BCUT2D eigenvalue weighted by Crippen LogP contribution is -2.10. The predicted octanol–water partition coefficient (Wildman–Crippen LogP) is 5.20. The van der Waals surface area contributed by atoms with Crippen molar-refractivity contribution >= 4 is 27.9 Å². The van der Waals surface area contributed by atoms with Gasteiger partial charge >= 0.3 is 11.9 Å². The van der Waals surface area contributed by atoms with Gasteiger partial charge in [0.15, 0.2) is 0 Å². The van der Waals surface area contributed by atoms with E-state index in [1.807, 2.05) is 24.3 Å². The van der Waals surface area contributed by atoms with Gasteiger partial charge in [0.05, 0.1) is 24.3 Å². The lowest BCUT2D eigenvalue weighted by Gasteiger charge is -2.07. The topological polar surface area (TPSA) is 52.6 Å². The van der Waals surface area contributed by atoms with Crippen molar-refractivity contribution in [3.05, 3.63) is 69.7 Å². The number of esters is 2. The van der Waals surface area contributed by atoms with Crippen molar-refractivity contribution in [3.63, 3.8) is 0 Å². The molecule has 0 bridgehead atoms. The van der Waals surface area contributed by atoms with Crippen LogP contribution in [0, 0.1) is 0 Å². The van der Waals surface area contributed by atoms with Crippen molar-refractivity contribution in [1.29, 1.82) is 0 Å². The van der Waals surface area contributed by atoms with Crippen LogP contribution in [0.25, 0.3) is 0 Å². The Hall–Kier alpha value is -2.14. The van der Waals surface area contributed by atoms with Gasteiger partial charge in [-0.05, 0) is 42.3 Å². The van der Waals surface area contributed by atoms with Crippen LogP contribution >= 0.6 is 15.9 Å². The summed E-state index contributed by atoms with van der Waals surface area (Å²) >= 11 is 3.47. The second kappa shape index (κ2) is 10.8. The Morgan fingerprint density at radius 1 is 0.846 bits per heavy atom. The van der Waals surface area contributed by atoms with Gasteiger partial charge in [0, 0.05) is 10.9 Å². The molecule has 0 aromatic heterocycles. The number of halogens is 1. The molecular formula is C21H23BrO4. The van der Waals surface area contributed by atoms with Gasteiger partial charge in [0.2, 0.25) is 0 Å². The second-order valence-electron chi connectivity index (χ2n) is 5.90. The summed E-state index contributed by atoms with van der Waals surface area (Å²) in [6.45, 7) is 2.81. The minimum Gasteiger partial charge on any atom is -0.462 e. The molecule has 0 unspecified atom stereocenters. The SMILES string of the molecule is CCCCCOC(=O)c1ccc(C(=O)OCCc2ccccc2Br)cc1. The molecule has 5 heteroatoms.